The highest BCUT2D eigenvalue weighted by molar-refractivity contribution is 5.93. The standard InChI is InChI=1S/C19H28N4O4/c1-13-6-7-15(12-16(13)20-14(2)24)21-17(25)22-8-10-23(11-9-22)18(26)27-19(3,4)5/h6-7,12H,8-11H2,1-5H3,(H,20,24)(H,21,25). The molecule has 1 aromatic carbocycles. The summed E-state index contributed by atoms with van der Waals surface area (Å²) in [6.45, 7) is 10.5. The summed E-state index contributed by atoms with van der Waals surface area (Å²) in [6, 6.07) is 5.11. The number of nitrogens with zero attached hydrogens (tertiary/aromatic N) is 2. The number of nitrogens with one attached hydrogen (secondary N) is 2. The summed E-state index contributed by atoms with van der Waals surface area (Å²) in [5.41, 5.74) is 1.64. The van der Waals surface area contributed by atoms with Gasteiger partial charge in [-0.3, -0.25) is 4.79 Å². The lowest BCUT2D eigenvalue weighted by Gasteiger charge is -2.35. The van der Waals surface area contributed by atoms with E-state index in [1.54, 1.807) is 21.9 Å². The fourth-order valence-corrected chi connectivity index (χ4v) is 2.65. The Balaban J connectivity index is 1.91. The molecule has 1 saturated heterocycles. The summed E-state index contributed by atoms with van der Waals surface area (Å²) in [5.74, 6) is -0.167. The number of benzene rings is 1. The zero-order valence-corrected chi connectivity index (χ0v) is 16.6. The Hall–Kier alpha value is -2.77. The molecule has 4 amide bonds. The molecule has 148 valence electrons. The summed E-state index contributed by atoms with van der Waals surface area (Å²) in [7, 11) is 0. The van der Waals surface area contributed by atoms with E-state index in [1.165, 1.54) is 6.92 Å². The van der Waals surface area contributed by atoms with Gasteiger partial charge >= 0.3 is 12.1 Å². The molecular formula is C19H28N4O4. The van der Waals surface area contributed by atoms with Crippen molar-refractivity contribution in [3.05, 3.63) is 23.8 Å². The van der Waals surface area contributed by atoms with Crippen LogP contribution in [0.15, 0.2) is 18.2 Å². The first kappa shape index (κ1) is 20.5. The van der Waals surface area contributed by atoms with Crippen LogP contribution in [0, 0.1) is 6.92 Å². The van der Waals surface area contributed by atoms with Crippen LogP contribution in [0.2, 0.25) is 0 Å². The maximum absolute atomic E-state index is 12.5. The second-order valence-corrected chi connectivity index (χ2v) is 7.60. The predicted octanol–water partition coefficient (Wildman–Crippen LogP) is 3.04. The van der Waals surface area contributed by atoms with Gasteiger partial charge in [0.1, 0.15) is 5.60 Å². The van der Waals surface area contributed by atoms with E-state index >= 15 is 0 Å². The van der Waals surface area contributed by atoms with Crippen LogP contribution in [0.5, 0.6) is 0 Å². The summed E-state index contributed by atoms with van der Waals surface area (Å²) in [5, 5.41) is 5.58. The SMILES string of the molecule is CC(=O)Nc1cc(NC(=O)N2CCN(C(=O)OC(C)(C)C)CC2)ccc1C. The summed E-state index contributed by atoms with van der Waals surface area (Å²) in [6.07, 6.45) is -0.360. The van der Waals surface area contributed by atoms with Crippen LogP contribution in [0.1, 0.15) is 33.3 Å². The monoisotopic (exact) mass is 376 g/mol. The first-order valence-corrected chi connectivity index (χ1v) is 8.97. The summed E-state index contributed by atoms with van der Waals surface area (Å²) in [4.78, 5) is 39.1. The van der Waals surface area contributed by atoms with Gasteiger partial charge in [-0.2, -0.15) is 0 Å². The Morgan fingerprint density at radius 1 is 1.00 bits per heavy atom. The maximum atomic E-state index is 12.5. The number of aryl methyl sites for hydroxylation is 1. The largest absolute Gasteiger partial charge is 0.444 e. The molecule has 8 nitrogen and oxygen atoms in total. The van der Waals surface area contributed by atoms with Crippen molar-refractivity contribution in [2.75, 3.05) is 36.8 Å². The lowest BCUT2D eigenvalue weighted by molar-refractivity contribution is -0.114. The molecule has 0 unspecified atom stereocenters. The van der Waals surface area contributed by atoms with E-state index in [0.717, 1.165) is 5.56 Å². The molecule has 1 aliphatic rings. The van der Waals surface area contributed by atoms with Crippen molar-refractivity contribution in [2.24, 2.45) is 0 Å². The van der Waals surface area contributed by atoms with E-state index < -0.39 is 5.60 Å². The zero-order valence-electron chi connectivity index (χ0n) is 16.6. The van der Waals surface area contributed by atoms with Crippen LogP contribution in [0.25, 0.3) is 0 Å². The van der Waals surface area contributed by atoms with Crippen molar-refractivity contribution < 1.29 is 19.1 Å². The fourth-order valence-electron chi connectivity index (χ4n) is 2.65. The molecule has 0 bridgehead atoms. The van der Waals surface area contributed by atoms with Crippen molar-refractivity contribution in [1.29, 1.82) is 0 Å². The second-order valence-electron chi connectivity index (χ2n) is 7.60. The Bertz CT molecular complexity index is 719. The Morgan fingerprint density at radius 3 is 2.15 bits per heavy atom. The van der Waals surface area contributed by atoms with Crippen molar-refractivity contribution in [3.63, 3.8) is 0 Å². The molecule has 0 spiro atoms. The van der Waals surface area contributed by atoms with Gasteiger partial charge in [0.25, 0.3) is 0 Å². The number of amides is 4. The van der Waals surface area contributed by atoms with Gasteiger partial charge in [0.2, 0.25) is 5.91 Å². The zero-order chi connectivity index (χ0) is 20.2. The lowest BCUT2D eigenvalue weighted by Crippen LogP contribution is -2.52. The minimum Gasteiger partial charge on any atom is -0.444 e. The van der Waals surface area contributed by atoms with Gasteiger partial charge in [0, 0.05) is 44.5 Å². The highest BCUT2D eigenvalue weighted by Gasteiger charge is 2.27. The molecule has 0 saturated carbocycles. The third-order valence-corrected chi connectivity index (χ3v) is 4.02. The number of urea groups is 1. The molecule has 0 atom stereocenters. The molecule has 2 rings (SSSR count). The molecule has 1 heterocycles. The van der Waals surface area contributed by atoms with Gasteiger partial charge in [-0.05, 0) is 45.4 Å². The first-order chi connectivity index (χ1) is 12.5. The highest BCUT2D eigenvalue weighted by Crippen LogP contribution is 2.21. The molecule has 0 aromatic heterocycles. The van der Waals surface area contributed by atoms with Gasteiger partial charge < -0.3 is 25.2 Å². The number of carbonyl (C=O) groups excluding carboxylic acids is 3. The predicted molar refractivity (Wildman–Crippen MR) is 104 cm³/mol. The Morgan fingerprint density at radius 2 is 1.59 bits per heavy atom. The Labute approximate surface area is 159 Å². The van der Waals surface area contributed by atoms with Crippen molar-refractivity contribution in [3.8, 4) is 0 Å². The smallest absolute Gasteiger partial charge is 0.410 e. The third-order valence-electron chi connectivity index (χ3n) is 4.02. The first-order valence-electron chi connectivity index (χ1n) is 8.97. The molecular weight excluding hydrogens is 348 g/mol. The average molecular weight is 376 g/mol. The van der Waals surface area contributed by atoms with Crippen LogP contribution in [-0.2, 0) is 9.53 Å². The molecule has 8 heteroatoms. The lowest BCUT2D eigenvalue weighted by atomic mass is 10.2. The fraction of sp³-hybridized carbons (Fsp3) is 0.526. The van der Waals surface area contributed by atoms with E-state index in [4.69, 9.17) is 4.74 Å². The number of hydrogen-bond donors (Lipinski definition) is 2. The number of carbonyl (C=O) groups is 3. The quantitative estimate of drug-likeness (QED) is 0.830. The van der Waals surface area contributed by atoms with Gasteiger partial charge in [0.05, 0.1) is 0 Å². The molecule has 1 fully saturated rings. The number of hydrogen-bond acceptors (Lipinski definition) is 4. The number of anilines is 2. The molecule has 27 heavy (non-hydrogen) atoms. The molecule has 1 aromatic rings. The third kappa shape index (κ3) is 6.16. The number of rotatable bonds is 2. The van der Waals surface area contributed by atoms with Crippen LogP contribution < -0.4 is 10.6 Å². The van der Waals surface area contributed by atoms with Gasteiger partial charge in [-0.25, -0.2) is 9.59 Å². The van der Waals surface area contributed by atoms with E-state index in [0.29, 0.717) is 37.6 Å². The molecule has 0 radical (unpaired) electrons. The molecule has 2 N–H and O–H groups in total. The van der Waals surface area contributed by atoms with Crippen LogP contribution in [0.4, 0.5) is 21.0 Å². The highest BCUT2D eigenvalue weighted by atomic mass is 16.6. The van der Waals surface area contributed by atoms with Gasteiger partial charge in [0.15, 0.2) is 0 Å². The van der Waals surface area contributed by atoms with Gasteiger partial charge in [-0.15, -0.1) is 0 Å². The average Bonchev–Trinajstić information content (AvgIpc) is 2.56. The maximum Gasteiger partial charge on any atom is 0.410 e. The topological polar surface area (TPSA) is 91.0 Å². The summed E-state index contributed by atoms with van der Waals surface area (Å²) < 4.78 is 5.36. The second kappa shape index (κ2) is 8.28. The van der Waals surface area contributed by atoms with E-state index in [1.807, 2.05) is 33.8 Å². The van der Waals surface area contributed by atoms with E-state index in [-0.39, 0.29) is 18.0 Å². The van der Waals surface area contributed by atoms with E-state index in [9.17, 15) is 14.4 Å². The van der Waals surface area contributed by atoms with Crippen molar-refractivity contribution in [1.82, 2.24) is 9.80 Å². The minimum atomic E-state index is -0.539. The van der Waals surface area contributed by atoms with Crippen LogP contribution in [-0.4, -0.2) is 59.6 Å². The van der Waals surface area contributed by atoms with Crippen LogP contribution in [0.3, 0.4) is 0 Å². The van der Waals surface area contributed by atoms with Crippen molar-refractivity contribution in [2.45, 2.75) is 40.2 Å². The van der Waals surface area contributed by atoms with Crippen LogP contribution >= 0.6 is 0 Å². The van der Waals surface area contributed by atoms with Crippen molar-refractivity contribution >= 4 is 29.4 Å². The normalized spacial score (nSPS) is 14.6. The summed E-state index contributed by atoms with van der Waals surface area (Å²) >= 11 is 0. The minimum absolute atomic E-state index is 0.167. The van der Waals surface area contributed by atoms with Gasteiger partial charge in [-0.1, -0.05) is 6.07 Å². The van der Waals surface area contributed by atoms with E-state index in [2.05, 4.69) is 10.6 Å². The molecule has 0 aliphatic carbocycles. The number of piperazine rings is 1. The molecule has 1 aliphatic heterocycles. The Kier molecular flexibility index (Phi) is 6.30. The number of ether oxygens (including phenoxy) is 1.